The zero-order chi connectivity index (χ0) is 15.9. The Balaban J connectivity index is 1.99. The van der Waals surface area contributed by atoms with Gasteiger partial charge < -0.3 is 15.4 Å². The summed E-state index contributed by atoms with van der Waals surface area (Å²) in [4.78, 5) is 36.9. The van der Waals surface area contributed by atoms with Gasteiger partial charge in [0.2, 0.25) is 12.0 Å². The predicted octanol–water partition coefficient (Wildman–Crippen LogP) is 1.16. The van der Waals surface area contributed by atoms with Gasteiger partial charge >= 0.3 is 5.97 Å². The number of nitrogens with zero attached hydrogens (tertiary/aromatic N) is 1. The van der Waals surface area contributed by atoms with Crippen molar-refractivity contribution >= 4 is 17.8 Å². The summed E-state index contributed by atoms with van der Waals surface area (Å²) in [7, 11) is 0. The molecule has 1 aliphatic heterocycles. The van der Waals surface area contributed by atoms with Crippen molar-refractivity contribution in [2.24, 2.45) is 5.73 Å². The molecular formula is C16H20N2O4. The second-order valence-electron chi connectivity index (χ2n) is 5.31. The fraction of sp³-hybridized carbons (Fsp3) is 0.438. The molecule has 2 rings (SSSR count). The average molecular weight is 304 g/mol. The summed E-state index contributed by atoms with van der Waals surface area (Å²) >= 11 is 0. The maximum atomic E-state index is 12.0. The summed E-state index contributed by atoms with van der Waals surface area (Å²) in [6, 6.07) is 8.59. The number of esters is 1. The number of hydrogen-bond donors (Lipinski definition) is 1. The standard InChI is InChI=1S/C16H20N2O4/c17-16(21)15(12-7-3-1-4-8-12)22-14(20)11-18-10-6-2-5-9-13(18)19/h1,3-4,7-8,15H,2,5-6,9-11H2,(H2,17,21)/t15-/m1/s1. The number of carbonyl (C=O) groups is 3. The van der Waals surface area contributed by atoms with Gasteiger partial charge in [0.15, 0.2) is 0 Å². The van der Waals surface area contributed by atoms with E-state index in [1.165, 1.54) is 4.90 Å². The molecule has 1 aromatic carbocycles. The maximum Gasteiger partial charge on any atom is 0.326 e. The van der Waals surface area contributed by atoms with Gasteiger partial charge in [-0.15, -0.1) is 0 Å². The van der Waals surface area contributed by atoms with Gasteiger partial charge in [-0.3, -0.25) is 14.4 Å². The monoisotopic (exact) mass is 304 g/mol. The number of carbonyl (C=O) groups excluding carboxylic acids is 3. The lowest BCUT2D eigenvalue weighted by Crippen LogP contribution is -2.37. The van der Waals surface area contributed by atoms with Gasteiger partial charge in [-0.2, -0.15) is 0 Å². The lowest BCUT2D eigenvalue weighted by atomic mass is 10.1. The number of nitrogens with two attached hydrogens (primary N) is 1. The number of amides is 2. The minimum absolute atomic E-state index is 0.0511. The summed E-state index contributed by atoms with van der Waals surface area (Å²) in [6.07, 6.45) is 2.02. The van der Waals surface area contributed by atoms with Crippen molar-refractivity contribution in [2.75, 3.05) is 13.1 Å². The van der Waals surface area contributed by atoms with Crippen LogP contribution in [0.1, 0.15) is 37.4 Å². The molecule has 1 saturated heterocycles. The van der Waals surface area contributed by atoms with E-state index in [2.05, 4.69) is 0 Å². The average Bonchev–Trinajstić information content (AvgIpc) is 2.70. The number of likely N-dealkylation sites (tertiary alicyclic amines) is 1. The Bertz CT molecular complexity index is 544. The van der Waals surface area contributed by atoms with Crippen LogP contribution in [0.15, 0.2) is 30.3 Å². The second kappa shape index (κ2) is 7.59. The van der Waals surface area contributed by atoms with Crippen LogP contribution >= 0.6 is 0 Å². The smallest absolute Gasteiger partial charge is 0.326 e. The number of ether oxygens (including phenoxy) is 1. The molecule has 0 bridgehead atoms. The minimum Gasteiger partial charge on any atom is -0.446 e. The molecular weight excluding hydrogens is 284 g/mol. The Morgan fingerprint density at radius 1 is 1.18 bits per heavy atom. The topological polar surface area (TPSA) is 89.7 Å². The van der Waals surface area contributed by atoms with Crippen molar-refractivity contribution in [3.05, 3.63) is 35.9 Å². The fourth-order valence-electron chi connectivity index (χ4n) is 2.45. The SMILES string of the molecule is NC(=O)[C@H](OC(=O)CN1CCCCCC1=O)c1ccccc1. The van der Waals surface area contributed by atoms with Crippen molar-refractivity contribution in [1.82, 2.24) is 4.90 Å². The molecule has 0 unspecified atom stereocenters. The highest BCUT2D eigenvalue weighted by atomic mass is 16.5. The van der Waals surface area contributed by atoms with Crippen LogP contribution < -0.4 is 5.73 Å². The van der Waals surface area contributed by atoms with Crippen molar-refractivity contribution < 1.29 is 19.1 Å². The van der Waals surface area contributed by atoms with Gasteiger partial charge in [-0.25, -0.2) is 0 Å². The molecule has 6 nitrogen and oxygen atoms in total. The van der Waals surface area contributed by atoms with Crippen LogP contribution in [0, 0.1) is 0 Å². The first kappa shape index (κ1) is 16.0. The van der Waals surface area contributed by atoms with Gasteiger partial charge in [0.25, 0.3) is 5.91 Å². The highest BCUT2D eigenvalue weighted by Gasteiger charge is 2.25. The lowest BCUT2D eigenvalue weighted by molar-refractivity contribution is -0.158. The first-order valence-corrected chi connectivity index (χ1v) is 7.39. The van der Waals surface area contributed by atoms with Crippen LogP contribution in [-0.2, 0) is 19.1 Å². The Morgan fingerprint density at radius 2 is 1.91 bits per heavy atom. The Morgan fingerprint density at radius 3 is 2.59 bits per heavy atom. The molecule has 118 valence electrons. The Hall–Kier alpha value is -2.37. The van der Waals surface area contributed by atoms with Crippen molar-refractivity contribution in [3.8, 4) is 0 Å². The molecule has 1 atom stereocenters. The number of primary amides is 1. The van der Waals surface area contributed by atoms with Crippen molar-refractivity contribution in [3.63, 3.8) is 0 Å². The molecule has 2 N–H and O–H groups in total. The number of benzene rings is 1. The van der Waals surface area contributed by atoms with E-state index in [1.807, 2.05) is 0 Å². The van der Waals surface area contributed by atoms with Gasteiger partial charge in [-0.05, 0) is 12.8 Å². The van der Waals surface area contributed by atoms with E-state index in [0.717, 1.165) is 19.3 Å². The molecule has 0 radical (unpaired) electrons. The Labute approximate surface area is 129 Å². The van der Waals surface area contributed by atoms with Crippen molar-refractivity contribution in [2.45, 2.75) is 31.8 Å². The van der Waals surface area contributed by atoms with E-state index in [-0.39, 0.29) is 12.5 Å². The molecule has 0 saturated carbocycles. The first-order valence-electron chi connectivity index (χ1n) is 7.39. The summed E-state index contributed by atoms with van der Waals surface area (Å²) in [6.45, 7) is 0.399. The molecule has 1 aromatic rings. The lowest BCUT2D eigenvalue weighted by Gasteiger charge is -2.21. The predicted molar refractivity (Wildman–Crippen MR) is 79.5 cm³/mol. The van der Waals surface area contributed by atoms with Gasteiger partial charge in [0.1, 0.15) is 6.54 Å². The minimum atomic E-state index is -1.13. The van der Waals surface area contributed by atoms with Crippen LogP contribution in [0.2, 0.25) is 0 Å². The van der Waals surface area contributed by atoms with Crippen molar-refractivity contribution in [1.29, 1.82) is 0 Å². The molecule has 0 aliphatic carbocycles. The maximum absolute atomic E-state index is 12.0. The third-order valence-electron chi connectivity index (χ3n) is 3.60. The quantitative estimate of drug-likeness (QED) is 0.827. The second-order valence-corrected chi connectivity index (χ2v) is 5.31. The van der Waals surface area contributed by atoms with Gasteiger partial charge in [0.05, 0.1) is 0 Å². The zero-order valence-electron chi connectivity index (χ0n) is 12.4. The molecule has 0 aromatic heterocycles. The third-order valence-corrected chi connectivity index (χ3v) is 3.60. The first-order chi connectivity index (χ1) is 10.6. The molecule has 1 fully saturated rings. The van der Waals surface area contributed by atoms with Crippen LogP contribution in [-0.4, -0.2) is 35.8 Å². The highest BCUT2D eigenvalue weighted by Crippen LogP contribution is 2.18. The van der Waals surface area contributed by atoms with E-state index >= 15 is 0 Å². The number of rotatable bonds is 5. The van der Waals surface area contributed by atoms with E-state index in [1.54, 1.807) is 30.3 Å². The summed E-state index contributed by atoms with van der Waals surface area (Å²) in [5.74, 6) is -1.41. The largest absolute Gasteiger partial charge is 0.446 e. The third kappa shape index (κ3) is 4.31. The van der Waals surface area contributed by atoms with Crippen LogP contribution in [0.25, 0.3) is 0 Å². The number of hydrogen-bond acceptors (Lipinski definition) is 4. The summed E-state index contributed by atoms with van der Waals surface area (Å²) in [5.41, 5.74) is 5.82. The summed E-state index contributed by atoms with van der Waals surface area (Å²) < 4.78 is 5.18. The fourth-order valence-corrected chi connectivity index (χ4v) is 2.45. The highest BCUT2D eigenvalue weighted by molar-refractivity contribution is 5.86. The van der Waals surface area contributed by atoms with E-state index in [9.17, 15) is 14.4 Å². The van der Waals surface area contributed by atoms with E-state index < -0.39 is 18.0 Å². The van der Waals surface area contributed by atoms with Crippen LogP contribution in [0.5, 0.6) is 0 Å². The van der Waals surface area contributed by atoms with Crippen LogP contribution in [0.4, 0.5) is 0 Å². The molecule has 2 amide bonds. The summed E-state index contributed by atoms with van der Waals surface area (Å²) in [5, 5.41) is 0. The molecule has 1 heterocycles. The zero-order valence-corrected chi connectivity index (χ0v) is 12.4. The van der Waals surface area contributed by atoms with E-state index in [4.69, 9.17) is 10.5 Å². The Kier molecular flexibility index (Phi) is 5.52. The molecule has 22 heavy (non-hydrogen) atoms. The molecule has 0 spiro atoms. The van der Waals surface area contributed by atoms with Crippen LogP contribution in [0.3, 0.4) is 0 Å². The van der Waals surface area contributed by atoms with Gasteiger partial charge in [0, 0.05) is 18.5 Å². The molecule has 6 heteroatoms. The normalized spacial score (nSPS) is 16.7. The van der Waals surface area contributed by atoms with Gasteiger partial charge in [-0.1, -0.05) is 36.8 Å². The molecule has 1 aliphatic rings. The van der Waals surface area contributed by atoms with E-state index in [0.29, 0.717) is 18.5 Å².